The fourth-order valence-corrected chi connectivity index (χ4v) is 2.97. The molecule has 0 radical (unpaired) electrons. The van der Waals surface area contributed by atoms with Crippen molar-refractivity contribution in [2.45, 2.75) is 13.0 Å². The molecule has 0 unspecified atom stereocenters. The second-order valence-electron chi connectivity index (χ2n) is 6.23. The monoisotopic (exact) mass is 446 g/mol. The third-order valence-electron chi connectivity index (χ3n) is 4.18. The van der Waals surface area contributed by atoms with E-state index in [1.807, 2.05) is 0 Å². The number of nitro benzene ring substituents is 1. The largest absolute Gasteiger partial charge is 0.471 e. The van der Waals surface area contributed by atoms with Crippen molar-refractivity contribution in [3.8, 4) is 5.75 Å². The van der Waals surface area contributed by atoms with Gasteiger partial charge in [-0.15, -0.1) is 4.68 Å². The fraction of sp³-hybridized carbons (Fsp3) is 0.158. The highest BCUT2D eigenvalue weighted by atomic mass is 35.5. The van der Waals surface area contributed by atoms with Crippen LogP contribution in [-0.4, -0.2) is 40.0 Å². The van der Waals surface area contributed by atoms with Crippen molar-refractivity contribution in [1.29, 1.82) is 0 Å². The molecule has 1 atom stereocenters. The van der Waals surface area contributed by atoms with Gasteiger partial charge in [0.25, 0.3) is 5.56 Å². The molecule has 12 heteroatoms. The number of aromatic nitrogens is 2. The molecule has 31 heavy (non-hydrogen) atoms. The van der Waals surface area contributed by atoms with Crippen LogP contribution in [0.2, 0.25) is 5.02 Å². The molecule has 1 N–H and O–H groups in total. The summed E-state index contributed by atoms with van der Waals surface area (Å²) in [5.74, 6) is -1.08. The lowest BCUT2D eigenvalue weighted by molar-refractivity contribution is -0.386. The molecule has 1 heterocycles. The topological polar surface area (TPSA) is 146 Å². The summed E-state index contributed by atoms with van der Waals surface area (Å²) >= 11 is 6.11. The third-order valence-corrected chi connectivity index (χ3v) is 4.46. The quantitative estimate of drug-likeness (QED) is 0.264. The first-order valence-corrected chi connectivity index (χ1v) is 9.11. The Bertz CT molecular complexity index is 1330. The Hall–Kier alpha value is -3.99. The molecule has 0 amide bonds. The van der Waals surface area contributed by atoms with Gasteiger partial charge < -0.3 is 14.5 Å². The number of ether oxygens (including phenoxy) is 2. The van der Waals surface area contributed by atoms with Gasteiger partial charge >= 0.3 is 17.3 Å². The van der Waals surface area contributed by atoms with Crippen LogP contribution in [0, 0.1) is 10.1 Å². The molecule has 0 spiro atoms. The Morgan fingerprint density at radius 1 is 1.32 bits per heavy atom. The van der Waals surface area contributed by atoms with Crippen molar-refractivity contribution in [2.24, 2.45) is 5.10 Å². The molecule has 0 aliphatic carbocycles. The number of benzene rings is 2. The van der Waals surface area contributed by atoms with Gasteiger partial charge in [-0.1, -0.05) is 23.7 Å². The van der Waals surface area contributed by atoms with Gasteiger partial charge in [-0.3, -0.25) is 14.9 Å². The first-order valence-electron chi connectivity index (χ1n) is 8.73. The number of H-pyrrole nitrogens is 1. The first kappa shape index (κ1) is 21.7. The predicted octanol–water partition coefficient (Wildman–Crippen LogP) is 2.07. The molecule has 160 valence electrons. The Labute approximate surface area is 178 Å². The summed E-state index contributed by atoms with van der Waals surface area (Å²) < 4.78 is 10.4. The van der Waals surface area contributed by atoms with Gasteiger partial charge in [0.15, 0.2) is 6.10 Å². The Balaban J connectivity index is 2.03. The van der Waals surface area contributed by atoms with Crippen molar-refractivity contribution in [2.75, 3.05) is 7.11 Å². The maximum absolute atomic E-state index is 12.5. The van der Waals surface area contributed by atoms with Crippen LogP contribution in [0.3, 0.4) is 0 Å². The summed E-state index contributed by atoms with van der Waals surface area (Å²) in [6.45, 7) is 1.35. The lowest BCUT2D eigenvalue weighted by Gasteiger charge is -2.14. The number of aromatic amines is 1. The van der Waals surface area contributed by atoms with E-state index in [-0.39, 0.29) is 21.7 Å². The van der Waals surface area contributed by atoms with E-state index in [0.29, 0.717) is 10.2 Å². The van der Waals surface area contributed by atoms with Crippen molar-refractivity contribution >= 4 is 40.4 Å². The smallest absolute Gasteiger partial charge is 0.349 e. The number of rotatable bonds is 6. The van der Waals surface area contributed by atoms with Crippen molar-refractivity contribution in [3.63, 3.8) is 0 Å². The zero-order chi connectivity index (χ0) is 22.7. The molecule has 0 aliphatic heterocycles. The third kappa shape index (κ3) is 4.46. The van der Waals surface area contributed by atoms with Crippen LogP contribution in [-0.2, 0) is 9.53 Å². The van der Waals surface area contributed by atoms with Crippen LogP contribution >= 0.6 is 11.6 Å². The highest BCUT2D eigenvalue weighted by molar-refractivity contribution is 6.32. The van der Waals surface area contributed by atoms with Gasteiger partial charge in [0, 0.05) is 11.6 Å². The lowest BCUT2D eigenvalue weighted by Crippen LogP contribution is -2.32. The minimum Gasteiger partial charge on any atom is -0.471 e. The van der Waals surface area contributed by atoms with E-state index in [1.54, 1.807) is 18.2 Å². The Morgan fingerprint density at radius 3 is 2.71 bits per heavy atom. The molecule has 0 aliphatic rings. The molecule has 0 bridgehead atoms. The zero-order valence-electron chi connectivity index (χ0n) is 16.2. The summed E-state index contributed by atoms with van der Waals surface area (Å²) in [7, 11) is 1.15. The van der Waals surface area contributed by atoms with E-state index >= 15 is 0 Å². The Morgan fingerprint density at radius 2 is 2.03 bits per heavy atom. The number of nitro groups is 1. The Kier molecular flexibility index (Phi) is 6.16. The highest BCUT2D eigenvalue weighted by Crippen LogP contribution is 2.36. The summed E-state index contributed by atoms with van der Waals surface area (Å²) in [6, 6.07) is 8.75. The standard InChI is InChI=1S/C19H15ClN4O7/c1-10(18(26)30-2)31-16-13(20)7-11(8-15(16)24(28)29)9-21-23-17(25)12-5-3-4-6-14(12)22-19(23)27/h3-10H,1-2H3,(H,22,27)/t10-/m1/s1. The summed E-state index contributed by atoms with van der Waals surface area (Å²) in [5, 5.41) is 15.4. The van der Waals surface area contributed by atoms with Gasteiger partial charge in [0.2, 0.25) is 5.75 Å². The number of carbonyl (C=O) groups is 1. The van der Waals surface area contributed by atoms with Crippen LogP contribution < -0.4 is 16.0 Å². The number of esters is 1. The van der Waals surface area contributed by atoms with Crippen molar-refractivity contribution in [3.05, 3.63) is 77.9 Å². The number of halogens is 1. The fourth-order valence-electron chi connectivity index (χ4n) is 2.70. The van der Waals surface area contributed by atoms with E-state index in [9.17, 15) is 24.5 Å². The SMILES string of the molecule is COC(=O)[C@@H](C)Oc1c(Cl)cc(C=Nn2c(=O)[nH]c3ccccc3c2=O)cc1[N+](=O)[O-]. The molecule has 0 saturated carbocycles. The second kappa shape index (κ2) is 8.79. The summed E-state index contributed by atoms with van der Waals surface area (Å²) in [5.41, 5.74) is -1.52. The minimum atomic E-state index is -1.14. The van der Waals surface area contributed by atoms with E-state index in [2.05, 4.69) is 14.8 Å². The van der Waals surface area contributed by atoms with Crippen LogP contribution in [0.4, 0.5) is 5.69 Å². The maximum atomic E-state index is 12.5. The molecular formula is C19H15ClN4O7. The van der Waals surface area contributed by atoms with Crippen molar-refractivity contribution in [1.82, 2.24) is 9.66 Å². The lowest BCUT2D eigenvalue weighted by atomic mass is 10.2. The molecule has 0 fully saturated rings. The first-order chi connectivity index (χ1) is 14.7. The molecule has 3 rings (SSSR count). The molecule has 2 aromatic carbocycles. The van der Waals surface area contributed by atoms with Crippen LogP contribution in [0.25, 0.3) is 10.9 Å². The van der Waals surface area contributed by atoms with Gasteiger partial charge in [-0.05, 0) is 25.1 Å². The van der Waals surface area contributed by atoms with Crippen LogP contribution in [0.5, 0.6) is 5.75 Å². The number of para-hydroxylation sites is 1. The number of carbonyl (C=O) groups excluding carboxylic acids is 1. The van der Waals surface area contributed by atoms with E-state index in [1.165, 1.54) is 19.1 Å². The molecule has 1 aromatic heterocycles. The van der Waals surface area contributed by atoms with E-state index in [4.69, 9.17) is 16.3 Å². The average Bonchev–Trinajstić information content (AvgIpc) is 2.74. The maximum Gasteiger partial charge on any atom is 0.349 e. The normalized spacial score (nSPS) is 12.1. The number of nitrogens with one attached hydrogen (secondary N) is 1. The number of hydrogen-bond acceptors (Lipinski definition) is 8. The van der Waals surface area contributed by atoms with E-state index in [0.717, 1.165) is 19.4 Å². The number of methoxy groups -OCH3 is 1. The van der Waals surface area contributed by atoms with Crippen LogP contribution in [0.15, 0.2) is 51.1 Å². The molecule has 11 nitrogen and oxygen atoms in total. The minimum absolute atomic E-state index is 0.120. The van der Waals surface area contributed by atoms with Gasteiger partial charge in [-0.25, -0.2) is 9.59 Å². The number of hydrogen-bond donors (Lipinski definition) is 1. The van der Waals surface area contributed by atoms with Crippen LogP contribution in [0.1, 0.15) is 12.5 Å². The highest BCUT2D eigenvalue weighted by Gasteiger charge is 2.25. The van der Waals surface area contributed by atoms with E-state index < -0.39 is 33.9 Å². The van der Waals surface area contributed by atoms with Gasteiger partial charge in [0.05, 0.1) is 34.2 Å². The summed E-state index contributed by atoms with van der Waals surface area (Å²) in [4.78, 5) is 49.5. The predicted molar refractivity (Wildman–Crippen MR) is 112 cm³/mol. The van der Waals surface area contributed by atoms with Gasteiger partial charge in [0.1, 0.15) is 0 Å². The van der Waals surface area contributed by atoms with Gasteiger partial charge in [-0.2, -0.15) is 5.10 Å². The summed E-state index contributed by atoms with van der Waals surface area (Å²) in [6.07, 6.45) is -0.0758. The zero-order valence-corrected chi connectivity index (χ0v) is 17.0. The molecule has 3 aromatic rings. The molecular weight excluding hydrogens is 432 g/mol. The molecule has 0 saturated heterocycles. The number of fused-ring (bicyclic) bond motifs is 1. The second-order valence-corrected chi connectivity index (χ2v) is 6.64. The number of nitrogens with zero attached hydrogens (tertiary/aromatic N) is 3. The average molecular weight is 447 g/mol. The van der Waals surface area contributed by atoms with Crippen molar-refractivity contribution < 1.29 is 19.2 Å².